The summed E-state index contributed by atoms with van der Waals surface area (Å²) in [5.41, 5.74) is 4.59. The molecule has 10 nitrogen and oxygen atoms in total. The van der Waals surface area contributed by atoms with Gasteiger partial charge in [0.2, 0.25) is 5.78 Å². The van der Waals surface area contributed by atoms with Crippen LogP contribution in [0.4, 0.5) is 0 Å². The van der Waals surface area contributed by atoms with E-state index in [1.54, 1.807) is 12.1 Å². The van der Waals surface area contributed by atoms with E-state index in [0.29, 0.717) is 22.0 Å². The Morgan fingerprint density at radius 2 is 1.66 bits per heavy atom. The Morgan fingerprint density at radius 1 is 0.976 bits per heavy atom. The van der Waals surface area contributed by atoms with Crippen molar-refractivity contribution in [3.63, 3.8) is 0 Å². The molecule has 2 aromatic carbocycles. The summed E-state index contributed by atoms with van der Waals surface area (Å²) < 4.78 is 1.06. The van der Waals surface area contributed by atoms with Crippen LogP contribution in [0.5, 0.6) is 0 Å². The minimum Gasteiger partial charge on any atom is -0.394 e. The van der Waals surface area contributed by atoms with Crippen LogP contribution >= 0.6 is 23.2 Å². The van der Waals surface area contributed by atoms with Gasteiger partial charge in [0.1, 0.15) is 18.3 Å². The van der Waals surface area contributed by atoms with E-state index in [9.17, 15) is 25.2 Å². The molecule has 3 atom stereocenters. The average Bonchev–Trinajstić information content (AvgIpc) is 3.41. The van der Waals surface area contributed by atoms with Crippen LogP contribution in [-0.2, 0) is 6.42 Å². The second-order valence-corrected chi connectivity index (χ2v) is 10.8. The number of hydrogen-bond donors (Lipinski definition) is 5. The van der Waals surface area contributed by atoms with Gasteiger partial charge in [-0.1, -0.05) is 47.5 Å². The normalized spacial score (nSPS) is 16.7. The molecule has 0 radical (unpaired) electrons. The predicted molar refractivity (Wildman–Crippen MR) is 156 cm³/mol. The maximum Gasteiger partial charge on any atom is 0.270 e. The number of halogens is 2. The molecule has 0 saturated carbocycles. The van der Waals surface area contributed by atoms with Gasteiger partial charge >= 0.3 is 0 Å². The molecule has 0 fully saturated rings. The van der Waals surface area contributed by atoms with Crippen LogP contribution < -0.4 is 5.56 Å². The lowest BCUT2D eigenvalue weighted by Crippen LogP contribution is -2.36. The largest absolute Gasteiger partial charge is 0.394 e. The summed E-state index contributed by atoms with van der Waals surface area (Å²) in [5.74, 6) is -0.265. The van der Waals surface area contributed by atoms with Crippen LogP contribution in [0.25, 0.3) is 39.6 Å². The van der Waals surface area contributed by atoms with Gasteiger partial charge in [0.15, 0.2) is 11.5 Å². The second-order valence-electron chi connectivity index (χ2n) is 9.94. The standard InChI is InChI=1S/C29H25Cl2N5O5/c30-17-8-4-14(5-9-17)12-16-2-1-3-19-21(15-6-10-18(31)11-7-15)22-26(32-23(16)19)33-29-35-34-27(36(29)28(22)41)25(40)24(39)20(38)13-37/h4-12,20,24-25,37-40H,1-3,13H2,(H,32,33,35)/b16-12+/t20-,24-,25-/m1/s1. The molecule has 0 saturated heterocycles. The molecule has 1 aliphatic rings. The number of fused-ring (bicyclic) bond motifs is 3. The minimum atomic E-state index is -1.80. The summed E-state index contributed by atoms with van der Waals surface area (Å²) in [4.78, 5) is 23.6. The molecular weight excluding hydrogens is 569 g/mol. The number of allylic oxidation sites excluding steroid dienone is 1. The molecule has 0 spiro atoms. The Bertz CT molecular complexity index is 1850. The molecular formula is C29H25Cl2N5O5. The maximum absolute atomic E-state index is 14.2. The number of nitrogens with zero attached hydrogens (tertiary/aromatic N) is 4. The van der Waals surface area contributed by atoms with Crippen molar-refractivity contribution >= 4 is 51.7 Å². The fraction of sp³-hybridized carbons (Fsp3) is 0.241. The molecule has 5 aromatic rings. The van der Waals surface area contributed by atoms with Crippen molar-refractivity contribution in [3.05, 3.63) is 91.6 Å². The molecule has 3 aromatic heterocycles. The number of rotatable bonds is 6. The van der Waals surface area contributed by atoms with Crippen molar-refractivity contribution in [2.45, 2.75) is 37.6 Å². The first-order chi connectivity index (χ1) is 19.8. The van der Waals surface area contributed by atoms with Crippen molar-refractivity contribution in [3.8, 4) is 11.1 Å². The molecule has 12 heteroatoms. The van der Waals surface area contributed by atoms with Gasteiger partial charge in [-0.3, -0.25) is 4.79 Å². The van der Waals surface area contributed by atoms with E-state index in [4.69, 9.17) is 28.2 Å². The van der Waals surface area contributed by atoms with Crippen LogP contribution in [0.2, 0.25) is 10.0 Å². The molecule has 3 heterocycles. The van der Waals surface area contributed by atoms with Crippen LogP contribution in [0.3, 0.4) is 0 Å². The third-order valence-electron chi connectivity index (χ3n) is 7.31. The van der Waals surface area contributed by atoms with Gasteiger partial charge in [0.25, 0.3) is 5.56 Å². The molecule has 210 valence electrons. The van der Waals surface area contributed by atoms with E-state index in [0.717, 1.165) is 45.2 Å². The average molecular weight is 594 g/mol. The van der Waals surface area contributed by atoms with Gasteiger partial charge in [-0.25, -0.2) is 14.5 Å². The van der Waals surface area contributed by atoms with Crippen molar-refractivity contribution in [1.82, 2.24) is 24.6 Å². The molecule has 5 N–H and O–H groups in total. The predicted octanol–water partition coefficient (Wildman–Crippen LogP) is 3.56. The van der Waals surface area contributed by atoms with E-state index < -0.39 is 30.5 Å². The summed E-state index contributed by atoms with van der Waals surface area (Å²) >= 11 is 12.3. The highest BCUT2D eigenvalue weighted by Crippen LogP contribution is 2.40. The fourth-order valence-electron chi connectivity index (χ4n) is 5.29. The van der Waals surface area contributed by atoms with E-state index in [1.807, 2.05) is 36.4 Å². The van der Waals surface area contributed by atoms with Gasteiger partial charge in [-0.15, -0.1) is 0 Å². The zero-order chi connectivity index (χ0) is 28.8. The van der Waals surface area contributed by atoms with Crippen LogP contribution in [0.15, 0.2) is 53.3 Å². The van der Waals surface area contributed by atoms with Gasteiger partial charge < -0.3 is 20.4 Å². The van der Waals surface area contributed by atoms with Crippen LogP contribution in [0, 0.1) is 0 Å². The first-order valence-electron chi connectivity index (χ1n) is 13.0. The van der Waals surface area contributed by atoms with Crippen molar-refractivity contribution in [2.75, 3.05) is 6.61 Å². The summed E-state index contributed by atoms with van der Waals surface area (Å²) in [6.07, 6.45) is -0.904. The molecule has 0 amide bonds. The zero-order valence-corrected chi connectivity index (χ0v) is 23.0. The van der Waals surface area contributed by atoms with Gasteiger partial charge in [0, 0.05) is 15.6 Å². The second kappa shape index (κ2) is 11.0. The Kier molecular flexibility index (Phi) is 7.37. The SMILES string of the molecule is O=c1c2c(-c3ccc(Cl)cc3)c3c(nc2nc2[nH]nc([C@H](O)[C@H](O)[C@H](O)CO)n12)/C(=C/c1ccc(Cl)cc1)CCC3. The number of nitrogens with one attached hydrogen (secondary N) is 1. The zero-order valence-electron chi connectivity index (χ0n) is 21.5. The van der Waals surface area contributed by atoms with Crippen molar-refractivity contribution in [2.24, 2.45) is 0 Å². The number of aromatic nitrogens is 5. The van der Waals surface area contributed by atoms with E-state index in [-0.39, 0.29) is 22.6 Å². The number of aromatic amines is 1. The van der Waals surface area contributed by atoms with E-state index >= 15 is 0 Å². The lowest BCUT2D eigenvalue weighted by atomic mass is 9.84. The first-order valence-corrected chi connectivity index (χ1v) is 13.7. The summed E-state index contributed by atoms with van der Waals surface area (Å²) in [5, 5.41) is 48.2. The van der Waals surface area contributed by atoms with Crippen molar-refractivity contribution < 1.29 is 20.4 Å². The lowest BCUT2D eigenvalue weighted by molar-refractivity contribution is -0.0806. The molecule has 41 heavy (non-hydrogen) atoms. The molecule has 0 aliphatic heterocycles. The quantitative estimate of drug-likeness (QED) is 0.200. The summed E-state index contributed by atoms with van der Waals surface area (Å²) in [6.45, 7) is -0.792. The number of benzene rings is 2. The van der Waals surface area contributed by atoms with Gasteiger partial charge in [0.05, 0.1) is 17.7 Å². The monoisotopic (exact) mass is 593 g/mol. The summed E-state index contributed by atoms with van der Waals surface area (Å²) in [6, 6.07) is 14.6. The lowest BCUT2D eigenvalue weighted by Gasteiger charge is -2.23. The smallest absolute Gasteiger partial charge is 0.270 e. The maximum atomic E-state index is 14.2. The topological polar surface area (TPSA) is 157 Å². The molecule has 6 rings (SSSR count). The highest BCUT2D eigenvalue weighted by molar-refractivity contribution is 6.31. The van der Waals surface area contributed by atoms with E-state index in [2.05, 4.69) is 21.3 Å². The van der Waals surface area contributed by atoms with Crippen LogP contribution in [-0.4, -0.2) is 63.8 Å². The highest BCUT2D eigenvalue weighted by Gasteiger charge is 2.32. The molecule has 1 aliphatic carbocycles. The fourth-order valence-corrected chi connectivity index (χ4v) is 5.54. The third-order valence-corrected chi connectivity index (χ3v) is 7.81. The number of hydrogen-bond acceptors (Lipinski definition) is 8. The Balaban J connectivity index is 1.64. The third kappa shape index (κ3) is 4.93. The van der Waals surface area contributed by atoms with Crippen molar-refractivity contribution in [1.29, 1.82) is 0 Å². The Labute approximate surface area is 243 Å². The molecule has 0 bridgehead atoms. The minimum absolute atomic E-state index is 0.00390. The molecule has 0 unspecified atom stereocenters. The number of aliphatic hydroxyl groups is 4. The Morgan fingerprint density at radius 3 is 2.34 bits per heavy atom. The number of pyridine rings is 1. The Hall–Kier alpha value is -3.64. The van der Waals surface area contributed by atoms with Crippen LogP contribution in [0.1, 0.15) is 41.6 Å². The number of aliphatic hydroxyl groups excluding tert-OH is 4. The van der Waals surface area contributed by atoms with E-state index in [1.165, 1.54) is 0 Å². The number of H-pyrrole nitrogens is 1. The van der Waals surface area contributed by atoms with Gasteiger partial charge in [-0.2, -0.15) is 10.1 Å². The van der Waals surface area contributed by atoms with Gasteiger partial charge in [-0.05, 0) is 71.9 Å². The first kappa shape index (κ1) is 27.5. The summed E-state index contributed by atoms with van der Waals surface area (Å²) in [7, 11) is 0. The highest BCUT2D eigenvalue weighted by atomic mass is 35.5.